The van der Waals surface area contributed by atoms with Crippen LogP contribution >= 0.6 is 11.3 Å². The van der Waals surface area contributed by atoms with Crippen molar-refractivity contribution in [2.24, 2.45) is 0 Å². The van der Waals surface area contributed by atoms with E-state index >= 15 is 0 Å². The number of imidazole rings is 1. The molecule has 0 amide bonds. The molecule has 92 valence electrons. The average Bonchev–Trinajstić information content (AvgIpc) is 2.86. The van der Waals surface area contributed by atoms with Crippen molar-refractivity contribution < 1.29 is 0 Å². The van der Waals surface area contributed by atoms with Crippen LogP contribution in [0.15, 0.2) is 24.5 Å². The van der Waals surface area contributed by atoms with Gasteiger partial charge in [0.25, 0.3) is 0 Å². The Bertz CT molecular complexity index is 484. The van der Waals surface area contributed by atoms with E-state index in [1.165, 1.54) is 9.75 Å². The van der Waals surface area contributed by atoms with Crippen LogP contribution in [0, 0.1) is 6.92 Å². The molecular weight excluding hydrogens is 230 g/mol. The van der Waals surface area contributed by atoms with E-state index in [9.17, 15) is 0 Å². The standard InChI is InChI=1S/C13H19N3S/c1-9(2)16-8-7-14-13(16)15-11(4)12-6-5-10(3)17-12/h5-9,11H,1-4H3,(H,14,15). The van der Waals surface area contributed by atoms with E-state index in [0.29, 0.717) is 12.1 Å². The molecule has 17 heavy (non-hydrogen) atoms. The third kappa shape index (κ3) is 2.69. The van der Waals surface area contributed by atoms with E-state index in [0.717, 1.165) is 5.95 Å². The van der Waals surface area contributed by atoms with Crippen LogP contribution in [0.2, 0.25) is 0 Å². The van der Waals surface area contributed by atoms with Crippen molar-refractivity contribution in [3.8, 4) is 0 Å². The first-order valence-electron chi connectivity index (χ1n) is 5.93. The van der Waals surface area contributed by atoms with Gasteiger partial charge < -0.3 is 9.88 Å². The molecule has 0 saturated heterocycles. The highest BCUT2D eigenvalue weighted by Gasteiger charge is 2.11. The topological polar surface area (TPSA) is 29.9 Å². The second-order valence-corrected chi connectivity index (χ2v) is 5.89. The predicted molar refractivity (Wildman–Crippen MR) is 73.7 cm³/mol. The maximum atomic E-state index is 4.37. The van der Waals surface area contributed by atoms with Gasteiger partial charge in [0.15, 0.2) is 0 Å². The maximum Gasteiger partial charge on any atom is 0.203 e. The van der Waals surface area contributed by atoms with Crippen molar-refractivity contribution in [3.05, 3.63) is 34.3 Å². The zero-order valence-corrected chi connectivity index (χ0v) is 11.6. The Hall–Kier alpha value is -1.29. The van der Waals surface area contributed by atoms with Gasteiger partial charge in [-0.3, -0.25) is 0 Å². The molecular formula is C13H19N3S. The molecule has 0 aliphatic rings. The summed E-state index contributed by atoms with van der Waals surface area (Å²) in [4.78, 5) is 7.06. The average molecular weight is 249 g/mol. The first-order chi connectivity index (χ1) is 8.08. The van der Waals surface area contributed by atoms with Crippen LogP contribution in [-0.4, -0.2) is 9.55 Å². The van der Waals surface area contributed by atoms with Gasteiger partial charge in [-0.2, -0.15) is 0 Å². The first kappa shape index (κ1) is 12.2. The molecule has 1 atom stereocenters. The fourth-order valence-electron chi connectivity index (χ4n) is 1.79. The second kappa shape index (κ2) is 4.92. The van der Waals surface area contributed by atoms with Gasteiger partial charge in [0.2, 0.25) is 5.95 Å². The number of aryl methyl sites for hydroxylation is 1. The SMILES string of the molecule is Cc1ccc(C(C)Nc2nccn2C(C)C)s1. The number of nitrogens with zero attached hydrogens (tertiary/aromatic N) is 2. The summed E-state index contributed by atoms with van der Waals surface area (Å²) in [5.74, 6) is 0.943. The number of hydrogen-bond acceptors (Lipinski definition) is 3. The third-order valence-corrected chi connectivity index (χ3v) is 3.94. The molecule has 1 N–H and O–H groups in total. The lowest BCUT2D eigenvalue weighted by Gasteiger charge is -2.16. The van der Waals surface area contributed by atoms with Crippen molar-refractivity contribution in [1.29, 1.82) is 0 Å². The lowest BCUT2D eigenvalue weighted by atomic mass is 10.3. The van der Waals surface area contributed by atoms with Crippen LogP contribution in [0.3, 0.4) is 0 Å². The Labute approximate surface area is 107 Å². The monoisotopic (exact) mass is 249 g/mol. The van der Waals surface area contributed by atoms with Gasteiger partial charge in [0.1, 0.15) is 0 Å². The number of rotatable bonds is 4. The summed E-state index contributed by atoms with van der Waals surface area (Å²) in [6.45, 7) is 8.63. The van der Waals surface area contributed by atoms with Crippen LogP contribution in [0.25, 0.3) is 0 Å². The molecule has 2 aromatic heterocycles. The first-order valence-corrected chi connectivity index (χ1v) is 6.75. The largest absolute Gasteiger partial charge is 0.348 e. The molecule has 2 heterocycles. The van der Waals surface area contributed by atoms with Crippen LogP contribution < -0.4 is 5.32 Å². The molecule has 0 spiro atoms. The van der Waals surface area contributed by atoms with Crippen LogP contribution in [0.4, 0.5) is 5.95 Å². The van der Waals surface area contributed by atoms with E-state index < -0.39 is 0 Å². The molecule has 0 aliphatic heterocycles. The number of hydrogen-bond donors (Lipinski definition) is 1. The van der Waals surface area contributed by atoms with Gasteiger partial charge in [0, 0.05) is 28.2 Å². The zero-order valence-electron chi connectivity index (χ0n) is 10.8. The molecule has 2 rings (SSSR count). The molecule has 0 fully saturated rings. The van der Waals surface area contributed by atoms with Crippen molar-refractivity contribution in [1.82, 2.24) is 9.55 Å². The van der Waals surface area contributed by atoms with Gasteiger partial charge in [-0.25, -0.2) is 4.98 Å². The van der Waals surface area contributed by atoms with Crippen LogP contribution in [-0.2, 0) is 0 Å². The Morgan fingerprint density at radius 2 is 2.06 bits per heavy atom. The molecule has 0 aromatic carbocycles. The molecule has 0 saturated carbocycles. The predicted octanol–water partition coefficient (Wildman–Crippen LogP) is 4.01. The summed E-state index contributed by atoms with van der Waals surface area (Å²) in [5, 5.41) is 3.46. The summed E-state index contributed by atoms with van der Waals surface area (Å²) in [7, 11) is 0. The molecule has 0 bridgehead atoms. The van der Waals surface area contributed by atoms with E-state index in [1.54, 1.807) is 0 Å². The van der Waals surface area contributed by atoms with Gasteiger partial charge in [-0.1, -0.05) is 0 Å². The normalized spacial score (nSPS) is 13.0. The van der Waals surface area contributed by atoms with Crippen molar-refractivity contribution in [3.63, 3.8) is 0 Å². The van der Waals surface area contributed by atoms with Crippen LogP contribution in [0.1, 0.15) is 42.6 Å². The molecule has 0 aliphatic carbocycles. The fourth-order valence-corrected chi connectivity index (χ4v) is 2.67. The van der Waals surface area contributed by atoms with Gasteiger partial charge >= 0.3 is 0 Å². The Morgan fingerprint density at radius 1 is 1.29 bits per heavy atom. The minimum atomic E-state index is 0.300. The number of thiophene rings is 1. The molecule has 4 heteroatoms. The number of aromatic nitrogens is 2. The fraction of sp³-hybridized carbons (Fsp3) is 0.462. The summed E-state index contributed by atoms with van der Waals surface area (Å²) >= 11 is 1.83. The van der Waals surface area contributed by atoms with Crippen molar-refractivity contribution >= 4 is 17.3 Å². The Morgan fingerprint density at radius 3 is 2.65 bits per heavy atom. The quantitative estimate of drug-likeness (QED) is 0.887. The van der Waals surface area contributed by atoms with Crippen LogP contribution in [0.5, 0.6) is 0 Å². The smallest absolute Gasteiger partial charge is 0.203 e. The summed E-state index contributed by atoms with van der Waals surface area (Å²) < 4.78 is 2.15. The lowest BCUT2D eigenvalue weighted by molar-refractivity contribution is 0.601. The maximum absolute atomic E-state index is 4.37. The van der Waals surface area contributed by atoms with E-state index in [2.05, 4.69) is 54.7 Å². The second-order valence-electron chi connectivity index (χ2n) is 4.57. The van der Waals surface area contributed by atoms with Crippen molar-refractivity contribution in [2.45, 2.75) is 39.8 Å². The van der Waals surface area contributed by atoms with Gasteiger partial charge in [0.05, 0.1) is 6.04 Å². The number of nitrogens with one attached hydrogen (secondary N) is 1. The number of anilines is 1. The molecule has 2 aromatic rings. The Kier molecular flexibility index (Phi) is 3.52. The van der Waals surface area contributed by atoms with E-state index in [-0.39, 0.29) is 0 Å². The Balaban J connectivity index is 2.13. The highest BCUT2D eigenvalue weighted by atomic mass is 32.1. The molecule has 1 unspecified atom stereocenters. The summed E-state index contributed by atoms with van der Waals surface area (Å²) in [6, 6.07) is 5.07. The summed E-state index contributed by atoms with van der Waals surface area (Å²) in [6.07, 6.45) is 3.86. The minimum absolute atomic E-state index is 0.300. The highest BCUT2D eigenvalue weighted by Crippen LogP contribution is 2.25. The highest BCUT2D eigenvalue weighted by molar-refractivity contribution is 7.12. The zero-order chi connectivity index (χ0) is 12.4. The van der Waals surface area contributed by atoms with E-state index in [4.69, 9.17) is 0 Å². The van der Waals surface area contributed by atoms with Gasteiger partial charge in [-0.05, 0) is 39.8 Å². The minimum Gasteiger partial charge on any atom is -0.348 e. The summed E-state index contributed by atoms with van der Waals surface area (Å²) in [5.41, 5.74) is 0. The van der Waals surface area contributed by atoms with Gasteiger partial charge in [-0.15, -0.1) is 11.3 Å². The van der Waals surface area contributed by atoms with Crippen molar-refractivity contribution in [2.75, 3.05) is 5.32 Å². The van der Waals surface area contributed by atoms with E-state index in [1.807, 2.05) is 23.7 Å². The molecule has 3 nitrogen and oxygen atoms in total. The lowest BCUT2D eigenvalue weighted by Crippen LogP contribution is -2.11. The third-order valence-electron chi connectivity index (χ3n) is 2.76. The molecule has 0 radical (unpaired) electrons.